The average molecular weight is 194 g/mol. The van der Waals surface area contributed by atoms with Gasteiger partial charge in [0.25, 0.3) is 0 Å². The first-order chi connectivity index (χ1) is 6.77. The van der Waals surface area contributed by atoms with E-state index in [4.69, 9.17) is 4.74 Å². The van der Waals surface area contributed by atoms with E-state index in [1.807, 2.05) is 25.1 Å². The van der Waals surface area contributed by atoms with Gasteiger partial charge in [0, 0.05) is 0 Å². The molecule has 1 aromatic rings. The van der Waals surface area contributed by atoms with E-state index >= 15 is 0 Å². The number of hydrogen-bond donors (Lipinski definition) is 0. The molecule has 0 heterocycles. The van der Waals surface area contributed by atoms with Crippen LogP contribution in [0.5, 0.6) is 5.75 Å². The molecule has 0 N–H and O–H groups in total. The van der Waals surface area contributed by atoms with Crippen LogP contribution in [0.3, 0.4) is 0 Å². The molecule has 1 aromatic carbocycles. The number of ether oxygens (including phenoxy) is 2. The van der Waals surface area contributed by atoms with Gasteiger partial charge in [0.05, 0.1) is 6.61 Å². The predicted molar refractivity (Wildman–Crippen MR) is 53.5 cm³/mol. The Balaban J connectivity index is 2.70. The molecule has 76 valence electrons. The van der Waals surface area contributed by atoms with Crippen molar-refractivity contribution in [3.05, 3.63) is 29.8 Å². The van der Waals surface area contributed by atoms with Crippen molar-refractivity contribution in [2.45, 2.75) is 20.3 Å². The lowest BCUT2D eigenvalue weighted by molar-refractivity contribution is 0.104. The summed E-state index contributed by atoms with van der Waals surface area (Å²) in [6, 6.07) is 7.43. The molecule has 0 saturated carbocycles. The number of aryl methyl sites for hydroxylation is 1. The summed E-state index contributed by atoms with van der Waals surface area (Å²) in [6.45, 7) is 4.08. The van der Waals surface area contributed by atoms with Crippen LogP contribution in [0.25, 0.3) is 0 Å². The van der Waals surface area contributed by atoms with Crippen molar-refractivity contribution in [3.63, 3.8) is 0 Å². The van der Waals surface area contributed by atoms with Gasteiger partial charge in [0.1, 0.15) is 5.75 Å². The number of carbonyl (C=O) groups is 1. The standard InChI is InChI=1S/C11H14O3/c1-3-9-7-5-6-8-10(9)14-11(12)13-4-2/h5-8H,3-4H2,1-2H3. The Bertz CT molecular complexity index is 307. The quantitative estimate of drug-likeness (QED) is 0.548. The van der Waals surface area contributed by atoms with E-state index in [0.717, 1.165) is 12.0 Å². The fraction of sp³-hybridized carbons (Fsp3) is 0.364. The summed E-state index contributed by atoms with van der Waals surface area (Å²) in [4.78, 5) is 11.0. The molecular weight excluding hydrogens is 180 g/mol. The molecule has 3 nitrogen and oxygen atoms in total. The Morgan fingerprint density at radius 3 is 2.64 bits per heavy atom. The van der Waals surface area contributed by atoms with Gasteiger partial charge in [0.15, 0.2) is 0 Å². The second-order valence-corrected chi connectivity index (χ2v) is 2.75. The number of para-hydroxylation sites is 1. The molecule has 0 aromatic heterocycles. The third-order valence-electron chi connectivity index (χ3n) is 1.81. The highest BCUT2D eigenvalue weighted by atomic mass is 16.7. The van der Waals surface area contributed by atoms with E-state index in [-0.39, 0.29) is 0 Å². The summed E-state index contributed by atoms with van der Waals surface area (Å²) in [5, 5.41) is 0. The summed E-state index contributed by atoms with van der Waals surface area (Å²) >= 11 is 0. The number of carbonyl (C=O) groups excluding carboxylic acids is 1. The van der Waals surface area contributed by atoms with Gasteiger partial charge < -0.3 is 9.47 Å². The van der Waals surface area contributed by atoms with Gasteiger partial charge in [-0.3, -0.25) is 0 Å². The molecule has 0 aliphatic carbocycles. The fourth-order valence-corrected chi connectivity index (χ4v) is 1.13. The van der Waals surface area contributed by atoms with Gasteiger partial charge in [-0.2, -0.15) is 0 Å². The second kappa shape index (κ2) is 5.27. The van der Waals surface area contributed by atoms with Crippen LogP contribution < -0.4 is 4.74 Å². The molecule has 1 rings (SSSR count). The van der Waals surface area contributed by atoms with Gasteiger partial charge in [-0.25, -0.2) is 4.79 Å². The van der Waals surface area contributed by atoms with Gasteiger partial charge in [-0.15, -0.1) is 0 Å². The molecule has 0 radical (unpaired) electrons. The summed E-state index contributed by atoms with van der Waals surface area (Å²) in [7, 11) is 0. The number of rotatable bonds is 3. The van der Waals surface area contributed by atoms with Crippen LogP contribution >= 0.6 is 0 Å². The van der Waals surface area contributed by atoms with Crippen molar-refractivity contribution >= 4 is 6.16 Å². The second-order valence-electron chi connectivity index (χ2n) is 2.75. The van der Waals surface area contributed by atoms with E-state index in [0.29, 0.717) is 12.4 Å². The molecular formula is C11H14O3. The predicted octanol–water partition coefficient (Wildman–Crippen LogP) is 2.78. The maximum atomic E-state index is 11.0. The van der Waals surface area contributed by atoms with E-state index in [1.165, 1.54) is 0 Å². The van der Waals surface area contributed by atoms with Crippen molar-refractivity contribution in [1.82, 2.24) is 0 Å². The van der Waals surface area contributed by atoms with Crippen LogP contribution in [0.15, 0.2) is 24.3 Å². The highest BCUT2D eigenvalue weighted by molar-refractivity contribution is 5.64. The maximum Gasteiger partial charge on any atom is 0.513 e. The lowest BCUT2D eigenvalue weighted by Gasteiger charge is -2.07. The molecule has 3 heteroatoms. The Morgan fingerprint density at radius 2 is 2.00 bits per heavy atom. The number of hydrogen-bond acceptors (Lipinski definition) is 3. The monoisotopic (exact) mass is 194 g/mol. The van der Waals surface area contributed by atoms with Crippen molar-refractivity contribution < 1.29 is 14.3 Å². The topological polar surface area (TPSA) is 35.5 Å². The first-order valence-electron chi connectivity index (χ1n) is 4.70. The van der Waals surface area contributed by atoms with Crippen molar-refractivity contribution in [1.29, 1.82) is 0 Å². The first kappa shape index (κ1) is 10.6. The molecule has 0 aliphatic rings. The molecule has 0 unspecified atom stereocenters. The van der Waals surface area contributed by atoms with Crippen molar-refractivity contribution in [2.24, 2.45) is 0 Å². The zero-order chi connectivity index (χ0) is 10.4. The van der Waals surface area contributed by atoms with E-state index in [9.17, 15) is 4.79 Å². The van der Waals surface area contributed by atoms with Crippen molar-refractivity contribution in [2.75, 3.05) is 6.61 Å². The first-order valence-corrected chi connectivity index (χ1v) is 4.70. The normalized spacial score (nSPS) is 9.57. The zero-order valence-electron chi connectivity index (χ0n) is 8.45. The molecule has 0 amide bonds. The fourth-order valence-electron chi connectivity index (χ4n) is 1.13. The van der Waals surface area contributed by atoms with Gasteiger partial charge in [-0.1, -0.05) is 25.1 Å². The smallest absolute Gasteiger partial charge is 0.434 e. The van der Waals surface area contributed by atoms with Crippen molar-refractivity contribution in [3.8, 4) is 5.75 Å². The maximum absolute atomic E-state index is 11.0. The minimum absolute atomic E-state index is 0.327. The molecule has 0 aliphatic heterocycles. The Labute approximate surface area is 83.6 Å². The summed E-state index contributed by atoms with van der Waals surface area (Å²) in [5.74, 6) is 0.577. The van der Waals surface area contributed by atoms with Crippen LogP contribution in [0, 0.1) is 0 Å². The zero-order valence-corrected chi connectivity index (χ0v) is 8.45. The van der Waals surface area contributed by atoms with Crippen LogP contribution in [0.2, 0.25) is 0 Å². The van der Waals surface area contributed by atoms with Crippen LogP contribution in [0.4, 0.5) is 4.79 Å². The van der Waals surface area contributed by atoms with Crippen LogP contribution in [0.1, 0.15) is 19.4 Å². The third kappa shape index (κ3) is 2.76. The Hall–Kier alpha value is -1.51. The largest absolute Gasteiger partial charge is 0.513 e. The average Bonchev–Trinajstić information content (AvgIpc) is 2.19. The minimum atomic E-state index is -0.645. The van der Waals surface area contributed by atoms with E-state index in [2.05, 4.69) is 4.74 Å². The van der Waals surface area contributed by atoms with E-state index < -0.39 is 6.16 Å². The molecule has 0 spiro atoms. The Kier molecular flexibility index (Phi) is 3.98. The summed E-state index contributed by atoms with van der Waals surface area (Å²) in [6.07, 6.45) is 0.184. The highest BCUT2D eigenvalue weighted by Crippen LogP contribution is 2.18. The Morgan fingerprint density at radius 1 is 1.29 bits per heavy atom. The molecule has 0 bridgehead atoms. The van der Waals surface area contributed by atoms with Crippen LogP contribution in [-0.2, 0) is 11.2 Å². The van der Waals surface area contributed by atoms with Gasteiger partial charge >= 0.3 is 6.16 Å². The lowest BCUT2D eigenvalue weighted by atomic mass is 10.1. The molecule has 0 atom stereocenters. The molecule has 0 saturated heterocycles. The summed E-state index contributed by atoms with van der Waals surface area (Å²) < 4.78 is 9.70. The van der Waals surface area contributed by atoms with Crippen LogP contribution in [-0.4, -0.2) is 12.8 Å². The van der Waals surface area contributed by atoms with E-state index in [1.54, 1.807) is 13.0 Å². The SMILES string of the molecule is CCOC(=O)Oc1ccccc1CC. The number of benzene rings is 1. The lowest BCUT2D eigenvalue weighted by Crippen LogP contribution is -2.11. The third-order valence-corrected chi connectivity index (χ3v) is 1.81. The summed E-state index contributed by atoms with van der Waals surface area (Å²) in [5.41, 5.74) is 1.00. The van der Waals surface area contributed by atoms with Gasteiger partial charge in [0.2, 0.25) is 0 Å². The molecule has 0 fully saturated rings. The minimum Gasteiger partial charge on any atom is -0.434 e. The molecule has 14 heavy (non-hydrogen) atoms. The van der Waals surface area contributed by atoms with Gasteiger partial charge in [-0.05, 0) is 25.0 Å². The highest BCUT2D eigenvalue weighted by Gasteiger charge is 2.07.